The second kappa shape index (κ2) is 6.25. The maximum absolute atomic E-state index is 13.4. The summed E-state index contributed by atoms with van der Waals surface area (Å²) in [7, 11) is 0. The fourth-order valence-electron chi connectivity index (χ4n) is 2.33. The van der Waals surface area contributed by atoms with Gasteiger partial charge in [0.1, 0.15) is 5.82 Å². The number of benzene rings is 1. The highest BCUT2D eigenvalue weighted by molar-refractivity contribution is 7.99. The van der Waals surface area contributed by atoms with E-state index in [4.69, 9.17) is 4.74 Å². The summed E-state index contributed by atoms with van der Waals surface area (Å²) in [4.78, 5) is 1.19. The van der Waals surface area contributed by atoms with Gasteiger partial charge >= 0.3 is 0 Å². The molecule has 0 amide bonds. The molecule has 1 aromatic rings. The molecule has 0 spiro atoms. The molecule has 1 atom stereocenters. The predicted molar refractivity (Wildman–Crippen MR) is 76.0 cm³/mol. The fourth-order valence-corrected chi connectivity index (χ4v) is 3.44. The third-order valence-electron chi connectivity index (χ3n) is 3.63. The molecule has 2 fully saturated rings. The molecule has 1 aliphatic heterocycles. The molecule has 2 nitrogen and oxygen atoms in total. The molecule has 2 aliphatic rings. The number of thioether (sulfide) groups is 1. The van der Waals surface area contributed by atoms with Crippen LogP contribution >= 0.6 is 11.8 Å². The minimum absolute atomic E-state index is 0.144. The van der Waals surface area contributed by atoms with Gasteiger partial charge in [0, 0.05) is 29.8 Å². The van der Waals surface area contributed by atoms with Crippen LogP contribution in [-0.2, 0) is 11.3 Å². The van der Waals surface area contributed by atoms with Crippen molar-refractivity contribution in [2.24, 2.45) is 0 Å². The molecule has 0 radical (unpaired) electrons. The van der Waals surface area contributed by atoms with Crippen molar-refractivity contribution in [3.63, 3.8) is 0 Å². The van der Waals surface area contributed by atoms with E-state index < -0.39 is 0 Å². The molecule has 1 heterocycles. The van der Waals surface area contributed by atoms with Crippen molar-refractivity contribution in [2.75, 3.05) is 12.4 Å². The summed E-state index contributed by atoms with van der Waals surface area (Å²) in [6.45, 7) is 1.67. The zero-order chi connectivity index (χ0) is 13.1. The van der Waals surface area contributed by atoms with Crippen LogP contribution in [-0.4, -0.2) is 24.5 Å². The van der Waals surface area contributed by atoms with E-state index in [9.17, 15) is 4.39 Å². The highest BCUT2D eigenvalue weighted by Gasteiger charge is 2.21. The molecule has 1 unspecified atom stereocenters. The van der Waals surface area contributed by atoms with Crippen molar-refractivity contribution >= 4 is 11.8 Å². The Labute approximate surface area is 118 Å². The third kappa shape index (κ3) is 3.94. The summed E-state index contributed by atoms with van der Waals surface area (Å²) in [6, 6.07) is 5.77. The van der Waals surface area contributed by atoms with E-state index in [0.29, 0.717) is 12.1 Å². The second-order valence-corrected chi connectivity index (χ2v) is 6.42. The average Bonchev–Trinajstić information content (AvgIpc) is 3.10. The molecule has 19 heavy (non-hydrogen) atoms. The summed E-state index contributed by atoms with van der Waals surface area (Å²) < 4.78 is 19.0. The highest BCUT2D eigenvalue weighted by atomic mass is 32.2. The topological polar surface area (TPSA) is 21.3 Å². The zero-order valence-corrected chi connectivity index (χ0v) is 11.8. The minimum atomic E-state index is -0.144. The number of halogens is 1. The summed E-state index contributed by atoms with van der Waals surface area (Å²) in [6.07, 6.45) is 5.22. The van der Waals surface area contributed by atoms with Crippen molar-refractivity contribution in [1.82, 2.24) is 5.32 Å². The van der Waals surface area contributed by atoms with Gasteiger partial charge in [-0.2, -0.15) is 0 Å². The van der Waals surface area contributed by atoms with Crippen LogP contribution in [0.1, 0.15) is 31.2 Å². The molecular formula is C15H20FNOS. The first-order chi connectivity index (χ1) is 9.31. The molecule has 1 aromatic carbocycles. The van der Waals surface area contributed by atoms with Crippen LogP contribution in [0.3, 0.4) is 0 Å². The van der Waals surface area contributed by atoms with Crippen LogP contribution < -0.4 is 5.32 Å². The standard InChI is InChI=1S/C15H20FNOS/c16-12-3-6-15(19-10-14-2-1-7-18-14)11(8-12)9-17-13-4-5-13/h3,6,8,13-14,17H,1-2,4-5,7,9-10H2. The Morgan fingerprint density at radius 2 is 2.21 bits per heavy atom. The van der Waals surface area contributed by atoms with Crippen LogP contribution in [0.25, 0.3) is 0 Å². The molecule has 1 N–H and O–H groups in total. The van der Waals surface area contributed by atoms with Crippen molar-refractivity contribution in [3.05, 3.63) is 29.6 Å². The summed E-state index contributed by atoms with van der Waals surface area (Å²) in [5.41, 5.74) is 1.08. The van der Waals surface area contributed by atoms with Crippen molar-refractivity contribution in [3.8, 4) is 0 Å². The van der Waals surface area contributed by atoms with Crippen LogP contribution in [0.2, 0.25) is 0 Å². The lowest BCUT2D eigenvalue weighted by molar-refractivity contribution is 0.129. The van der Waals surface area contributed by atoms with Crippen molar-refractivity contribution in [1.29, 1.82) is 0 Å². The van der Waals surface area contributed by atoms with E-state index in [0.717, 1.165) is 30.9 Å². The van der Waals surface area contributed by atoms with E-state index in [2.05, 4.69) is 5.32 Å². The molecule has 1 aliphatic carbocycles. The van der Waals surface area contributed by atoms with Gasteiger partial charge in [0.05, 0.1) is 6.10 Å². The Morgan fingerprint density at radius 3 is 2.95 bits per heavy atom. The lowest BCUT2D eigenvalue weighted by Gasteiger charge is -2.13. The molecule has 4 heteroatoms. The average molecular weight is 281 g/mol. The van der Waals surface area contributed by atoms with E-state index in [-0.39, 0.29) is 5.82 Å². The van der Waals surface area contributed by atoms with Crippen LogP contribution in [0.5, 0.6) is 0 Å². The summed E-state index contributed by atoms with van der Waals surface area (Å²) in [5, 5.41) is 3.46. The zero-order valence-electron chi connectivity index (χ0n) is 11.0. The second-order valence-electron chi connectivity index (χ2n) is 5.35. The Hall–Kier alpha value is -0.580. The lowest BCUT2D eigenvalue weighted by atomic mass is 10.2. The third-order valence-corrected chi connectivity index (χ3v) is 4.88. The fraction of sp³-hybridized carbons (Fsp3) is 0.600. The maximum atomic E-state index is 13.4. The van der Waals surface area contributed by atoms with Gasteiger partial charge in [0.25, 0.3) is 0 Å². The lowest BCUT2D eigenvalue weighted by Crippen LogP contribution is -2.16. The molecule has 0 aromatic heterocycles. The Balaban J connectivity index is 1.60. The first-order valence-corrected chi connectivity index (χ1v) is 8.06. The SMILES string of the molecule is Fc1ccc(SCC2CCCO2)c(CNC2CC2)c1. The minimum Gasteiger partial charge on any atom is -0.377 e. The monoisotopic (exact) mass is 281 g/mol. The number of nitrogens with one attached hydrogen (secondary N) is 1. The Bertz CT molecular complexity index is 430. The van der Waals surface area contributed by atoms with Gasteiger partial charge in [-0.25, -0.2) is 4.39 Å². The molecule has 3 rings (SSSR count). The number of hydrogen-bond acceptors (Lipinski definition) is 3. The van der Waals surface area contributed by atoms with E-state index in [1.165, 1.54) is 24.2 Å². The van der Waals surface area contributed by atoms with Gasteiger partial charge < -0.3 is 10.1 Å². The number of rotatable bonds is 6. The van der Waals surface area contributed by atoms with E-state index >= 15 is 0 Å². The van der Waals surface area contributed by atoms with Gasteiger partial charge in [0.15, 0.2) is 0 Å². The van der Waals surface area contributed by atoms with Gasteiger partial charge in [-0.1, -0.05) is 0 Å². The summed E-state index contributed by atoms with van der Waals surface area (Å²) >= 11 is 1.79. The number of hydrogen-bond donors (Lipinski definition) is 1. The van der Waals surface area contributed by atoms with Gasteiger partial charge in [-0.05, 0) is 49.4 Å². The molecule has 1 saturated heterocycles. The molecule has 1 saturated carbocycles. The van der Waals surface area contributed by atoms with Crippen LogP contribution in [0, 0.1) is 5.82 Å². The van der Waals surface area contributed by atoms with E-state index in [1.807, 2.05) is 6.07 Å². The molecular weight excluding hydrogens is 261 g/mol. The largest absolute Gasteiger partial charge is 0.377 e. The van der Waals surface area contributed by atoms with Crippen LogP contribution in [0.4, 0.5) is 4.39 Å². The first kappa shape index (κ1) is 13.4. The smallest absolute Gasteiger partial charge is 0.123 e. The maximum Gasteiger partial charge on any atom is 0.123 e. The normalized spacial score (nSPS) is 22.9. The number of ether oxygens (including phenoxy) is 1. The Morgan fingerprint density at radius 1 is 1.32 bits per heavy atom. The van der Waals surface area contributed by atoms with Crippen molar-refractivity contribution < 1.29 is 9.13 Å². The quantitative estimate of drug-likeness (QED) is 0.808. The predicted octanol–water partition coefficient (Wildman–Crippen LogP) is 3.35. The molecule has 104 valence electrons. The van der Waals surface area contributed by atoms with Crippen molar-refractivity contribution in [2.45, 2.75) is 49.3 Å². The van der Waals surface area contributed by atoms with Crippen LogP contribution in [0.15, 0.2) is 23.1 Å². The van der Waals surface area contributed by atoms with Gasteiger partial charge in [-0.15, -0.1) is 11.8 Å². The summed E-state index contributed by atoms with van der Waals surface area (Å²) in [5.74, 6) is 0.830. The van der Waals surface area contributed by atoms with E-state index in [1.54, 1.807) is 23.9 Å². The highest BCUT2D eigenvalue weighted by Crippen LogP contribution is 2.28. The Kier molecular flexibility index (Phi) is 4.41. The molecule has 0 bridgehead atoms. The van der Waals surface area contributed by atoms with Gasteiger partial charge in [0.2, 0.25) is 0 Å². The van der Waals surface area contributed by atoms with Gasteiger partial charge in [-0.3, -0.25) is 0 Å². The first-order valence-electron chi connectivity index (χ1n) is 7.07.